The average Bonchev–Trinajstić information content (AvgIpc) is 2.76. The molecule has 5 nitrogen and oxygen atoms in total. The molecule has 2 aromatic heterocycles. The van der Waals surface area contributed by atoms with Crippen molar-refractivity contribution in [3.05, 3.63) is 77.1 Å². The molecule has 0 saturated carbocycles. The number of aliphatic hydroxyl groups excluding tert-OH is 1. The lowest BCUT2D eigenvalue weighted by Gasteiger charge is -2.16. The number of hydrogen-bond donors (Lipinski definition) is 2. The van der Waals surface area contributed by atoms with E-state index in [0.717, 1.165) is 43.7 Å². The molecule has 0 aliphatic heterocycles. The van der Waals surface area contributed by atoms with E-state index < -0.39 is 0 Å². The van der Waals surface area contributed by atoms with Gasteiger partial charge in [0.05, 0.1) is 17.6 Å². The van der Waals surface area contributed by atoms with Gasteiger partial charge in [-0.3, -0.25) is 9.20 Å². The lowest BCUT2D eigenvalue weighted by atomic mass is 10.00. The highest BCUT2D eigenvalue weighted by molar-refractivity contribution is 6.19. The minimum absolute atomic E-state index is 0.0448. The Kier molecular flexibility index (Phi) is 3.31. The minimum Gasteiger partial charge on any atom is -0.395 e. The Bertz CT molecular complexity index is 1610. The van der Waals surface area contributed by atoms with Gasteiger partial charge >= 0.3 is 0 Å². The molecular formula is C24H17N3O2. The predicted octanol–water partition coefficient (Wildman–Crippen LogP) is 4.15. The topological polar surface area (TPSA) is 66.6 Å². The zero-order valence-electron chi connectivity index (χ0n) is 15.5. The standard InChI is InChI=1S/C24H17N3O2/c28-13-12-25-18-11-10-16-22-15(18)6-3-7-17(22)24(29)27-20-9-2-5-14-4-1-8-19(21(14)20)26-23(16)27/h1-11,25,28H,12-13H2. The van der Waals surface area contributed by atoms with Crippen molar-refractivity contribution >= 4 is 54.7 Å². The first-order chi connectivity index (χ1) is 14.3. The Balaban J connectivity index is 1.89. The molecule has 2 N–H and O–H groups in total. The molecule has 6 aromatic rings. The van der Waals surface area contributed by atoms with Crippen LogP contribution in [0.25, 0.3) is 49.0 Å². The molecule has 0 radical (unpaired) electrons. The SMILES string of the molecule is O=c1c2cccc3c(NCCO)ccc(c32)c2nc3cccc4cccc(c43)n12. The zero-order chi connectivity index (χ0) is 19.5. The lowest BCUT2D eigenvalue weighted by molar-refractivity contribution is 0.311. The summed E-state index contributed by atoms with van der Waals surface area (Å²) in [6.45, 7) is 0.498. The van der Waals surface area contributed by atoms with E-state index in [1.165, 1.54) is 0 Å². The fourth-order valence-corrected chi connectivity index (χ4v) is 4.48. The molecule has 0 atom stereocenters. The molecular weight excluding hydrogens is 362 g/mol. The molecule has 5 heteroatoms. The molecule has 6 rings (SSSR count). The van der Waals surface area contributed by atoms with Gasteiger partial charge in [-0.25, -0.2) is 4.98 Å². The van der Waals surface area contributed by atoms with Crippen LogP contribution in [0.3, 0.4) is 0 Å². The van der Waals surface area contributed by atoms with Crippen molar-refractivity contribution in [3.8, 4) is 0 Å². The largest absolute Gasteiger partial charge is 0.395 e. The van der Waals surface area contributed by atoms with Gasteiger partial charge in [-0.1, -0.05) is 36.4 Å². The van der Waals surface area contributed by atoms with E-state index in [-0.39, 0.29) is 12.2 Å². The summed E-state index contributed by atoms with van der Waals surface area (Å²) < 4.78 is 1.74. The zero-order valence-corrected chi connectivity index (χ0v) is 15.5. The molecule has 0 fully saturated rings. The van der Waals surface area contributed by atoms with Crippen molar-refractivity contribution in [1.29, 1.82) is 0 Å². The van der Waals surface area contributed by atoms with Gasteiger partial charge in [-0.05, 0) is 35.7 Å². The van der Waals surface area contributed by atoms with Crippen LogP contribution < -0.4 is 10.9 Å². The molecule has 140 valence electrons. The van der Waals surface area contributed by atoms with Crippen LogP contribution in [0.1, 0.15) is 0 Å². The van der Waals surface area contributed by atoms with Gasteiger partial charge in [-0.15, -0.1) is 0 Å². The van der Waals surface area contributed by atoms with Crippen LogP contribution >= 0.6 is 0 Å². The summed E-state index contributed by atoms with van der Waals surface area (Å²) in [6.07, 6.45) is 0. The van der Waals surface area contributed by atoms with E-state index in [0.29, 0.717) is 17.6 Å². The monoisotopic (exact) mass is 379 g/mol. The first kappa shape index (κ1) is 16.3. The van der Waals surface area contributed by atoms with Crippen LogP contribution in [-0.2, 0) is 0 Å². The second-order valence-electron chi connectivity index (χ2n) is 7.27. The fourth-order valence-electron chi connectivity index (χ4n) is 4.48. The Morgan fingerprint density at radius 2 is 1.66 bits per heavy atom. The molecule has 4 aromatic carbocycles. The molecule has 0 aliphatic carbocycles. The number of nitrogens with zero attached hydrogens (tertiary/aromatic N) is 2. The normalized spacial score (nSPS) is 12.0. The van der Waals surface area contributed by atoms with Gasteiger partial charge in [-0.2, -0.15) is 0 Å². The van der Waals surface area contributed by atoms with Crippen LogP contribution in [0.5, 0.6) is 0 Å². The minimum atomic E-state index is -0.0665. The highest BCUT2D eigenvalue weighted by atomic mass is 16.3. The quantitative estimate of drug-likeness (QED) is 0.358. The molecule has 0 amide bonds. The number of benzene rings is 4. The summed E-state index contributed by atoms with van der Waals surface area (Å²) in [4.78, 5) is 18.5. The van der Waals surface area contributed by atoms with Gasteiger partial charge in [0, 0.05) is 39.2 Å². The van der Waals surface area contributed by atoms with Crippen LogP contribution in [0.4, 0.5) is 5.69 Å². The van der Waals surface area contributed by atoms with Crippen LogP contribution in [0.15, 0.2) is 71.5 Å². The molecule has 0 unspecified atom stereocenters. The molecule has 0 spiro atoms. The molecule has 29 heavy (non-hydrogen) atoms. The van der Waals surface area contributed by atoms with E-state index >= 15 is 0 Å². The highest BCUT2D eigenvalue weighted by Gasteiger charge is 2.17. The van der Waals surface area contributed by atoms with E-state index in [2.05, 4.69) is 5.32 Å². The number of nitrogens with one attached hydrogen (secondary N) is 1. The van der Waals surface area contributed by atoms with Crippen molar-refractivity contribution in [3.63, 3.8) is 0 Å². The maximum Gasteiger partial charge on any atom is 0.264 e. The molecule has 2 heterocycles. The summed E-state index contributed by atoms with van der Waals surface area (Å²) in [5, 5.41) is 18.0. The third-order valence-electron chi connectivity index (χ3n) is 5.68. The first-order valence-electron chi connectivity index (χ1n) is 9.63. The second kappa shape index (κ2) is 5.90. The Labute approximate surface area is 165 Å². The van der Waals surface area contributed by atoms with Crippen LogP contribution in [-0.4, -0.2) is 27.6 Å². The maximum atomic E-state index is 13.6. The number of rotatable bonds is 3. The third-order valence-corrected chi connectivity index (χ3v) is 5.68. The van der Waals surface area contributed by atoms with Crippen molar-refractivity contribution in [1.82, 2.24) is 9.38 Å². The van der Waals surface area contributed by atoms with E-state index in [9.17, 15) is 9.90 Å². The summed E-state index contributed by atoms with van der Waals surface area (Å²) in [5.74, 6) is 0. The van der Waals surface area contributed by atoms with Crippen LogP contribution in [0.2, 0.25) is 0 Å². The van der Waals surface area contributed by atoms with Crippen molar-refractivity contribution in [2.75, 3.05) is 18.5 Å². The summed E-state index contributed by atoms with van der Waals surface area (Å²) in [6, 6.07) is 21.8. The number of pyridine rings is 1. The van der Waals surface area contributed by atoms with Gasteiger partial charge < -0.3 is 10.4 Å². The molecule has 0 aliphatic rings. The van der Waals surface area contributed by atoms with E-state index in [1.54, 1.807) is 4.40 Å². The van der Waals surface area contributed by atoms with Gasteiger partial charge in [0.25, 0.3) is 5.56 Å². The number of hydrogen-bond acceptors (Lipinski definition) is 4. The van der Waals surface area contributed by atoms with Gasteiger partial charge in [0.15, 0.2) is 0 Å². The number of fused-ring (bicyclic) bond motifs is 3. The van der Waals surface area contributed by atoms with E-state index in [4.69, 9.17) is 4.98 Å². The molecule has 0 saturated heterocycles. The second-order valence-corrected chi connectivity index (χ2v) is 7.27. The maximum absolute atomic E-state index is 13.6. The third kappa shape index (κ3) is 2.13. The van der Waals surface area contributed by atoms with E-state index in [1.807, 2.05) is 66.7 Å². The predicted molar refractivity (Wildman–Crippen MR) is 118 cm³/mol. The van der Waals surface area contributed by atoms with Crippen molar-refractivity contribution in [2.24, 2.45) is 0 Å². The average molecular weight is 379 g/mol. The lowest BCUT2D eigenvalue weighted by Crippen LogP contribution is -2.17. The first-order valence-corrected chi connectivity index (χ1v) is 9.63. The van der Waals surface area contributed by atoms with Crippen molar-refractivity contribution in [2.45, 2.75) is 0 Å². The fraction of sp³-hybridized carbons (Fsp3) is 0.0833. The number of aromatic nitrogens is 2. The van der Waals surface area contributed by atoms with Crippen molar-refractivity contribution < 1.29 is 5.11 Å². The van der Waals surface area contributed by atoms with Crippen LogP contribution in [0, 0.1) is 0 Å². The Morgan fingerprint density at radius 3 is 2.52 bits per heavy atom. The summed E-state index contributed by atoms with van der Waals surface area (Å²) in [7, 11) is 0. The summed E-state index contributed by atoms with van der Waals surface area (Å²) in [5.41, 5.74) is 3.26. The smallest absolute Gasteiger partial charge is 0.264 e. The number of aliphatic hydroxyl groups is 1. The Morgan fingerprint density at radius 1 is 0.862 bits per heavy atom. The van der Waals surface area contributed by atoms with Gasteiger partial charge in [0.2, 0.25) is 0 Å². The Hall–Kier alpha value is -3.70. The van der Waals surface area contributed by atoms with Gasteiger partial charge in [0.1, 0.15) is 5.65 Å². The molecule has 0 bridgehead atoms. The number of anilines is 1. The summed E-state index contributed by atoms with van der Waals surface area (Å²) >= 11 is 0. The highest BCUT2D eigenvalue weighted by Crippen LogP contribution is 2.34.